The summed E-state index contributed by atoms with van der Waals surface area (Å²) >= 11 is 0. The van der Waals surface area contributed by atoms with Crippen LogP contribution in [0.2, 0.25) is 0 Å². The number of hydrogen-bond donors (Lipinski definition) is 0. The van der Waals surface area contributed by atoms with E-state index in [2.05, 4.69) is 53.5 Å². The summed E-state index contributed by atoms with van der Waals surface area (Å²) in [5.74, 6) is 1.19. The largest absolute Gasteiger partial charge is 2.00 e. The molecule has 5 aromatic carbocycles. The minimum Gasteiger partial charge on any atom is -0.497 e. The Labute approximate surface area is 238 Å². The molecule has 0 N–H and O–H groups in total. The normalized spacial score (nSPS) is 11.4. The quantitative estimate of drug-likeness (QED) is 0.138. The van der Waals surface area contributed by atoms with Gasteiger partial charge in [0.15, 0.2) is 0 Å². The molecule has 186 valence electrons. The van der Waals surface area contributed by atoms with Gasteiger partial charge in [-0.25, -0.2) is 0 Å². The summed E-state index contributed by atoms with van der Waals surface area (Å²) < 4.78 is 12.5. The standard InChI is InChI=1S/C34H18N2O2.Pt/c1-2-7-24-19-35-31(17-22(24)6-1)23-8-5-9-25(16-23)37-26-14-12-21-13-15-28-33(29(21)18-26)36-20-30-27-10-3-4-11-32(27)38-34(28)30;/h1-15,17,19-20H;/q-2;+2. The number of ether oxygens (including phenoxy) is 1. The molecule has 0 atom stereocenters. The summed E-state index contributed by atoms with van der Waals surface area (Å²) in [5, 5.41) is 7.19. The molecule has 8 aromatic rings. The molecule has 0 unspecified atom stereocenters. The summed E-state index contributed by atoms with van der Waals surface area (Å²) in [5.41, 5.74) is 4.24. The summed E-state index contributed by atoms with van der Waals surface area (Å²) in [6.45, 7) is 0. The Morgan fingerprint density at radius 1 is 0.615 bits per heavy atom. The topological polar surface area (TPSA) is 48.2 Å². The molecule has 0 saturated carbocycles. The van der Waals surface area contributed by atoms with Crippen molar-refractivity contribution in [3.63, 3.8) is 0 Å². The average Bonchev–Trinajstić information content (AvgIpc) is 3.36. The van der Waals surface area contributed by atoms with E-state index < -0.39 is 0 Å². The van der Waals surface area contributed by atoms with Crippen molar-refractivity contribution in [2.75, 3.05) is 0 Å². The molecule has 8 rings (SSSR count). The number of aromatic nitrogens is 2. The average molecular weight is 682 g/mol. The Morgan fingerprint density at radius 3 is 2.38 bits per heavy atom. The molecule has 3 aromatic heterocycles. The number of nitrogens with zero attached hydrogens (tertiary/aromatic N) is 2. The van der Waals surface area contributed by atoms with Gasteiger partial charge in [-0.05, 0) is 28.0 Å². The molecule has 0 radical (unpaired) electrons. The monoisotopic (exact) mass is 681 g/mol. The summed E-state index contributed by atoms with van der Waals surface area (Å²) in [6.07, 6.45) is 3.78. The van der Waals surface area contributed by atoms with Gasteiger partial charge in [-0.1, -0.05) is 72.8 Å². The minimum atomic E-state index is 0. The van der Waals surface area contributed by atoms with Gasteiger partial charge in [-0.2, -0.15) is 0 Å². The van der Waals surface area contributed by atoms with Crippen LogP contribution in [0.15, 0.2) is 114 Å². The van der Waals surface area contributed by atoms with Crippen molar-refractivity contribution in [1.29, 1.82) is 0 Å². The van der Waals surface area contributed by atoms with Crippen LogP contribution >= 0.6 is 0 Å². The zero-order chi connectivity index (χ0) is 25.1. The Bertz CT molecular complexity index is 2180. The van der Waals surface area contributed by atoms with Gasteiger partial charge in [0, 0.05) is 40.1 Å². The third-order valence-electron chi connectivity index (χ3n) is 6.97. The van der Waals surface area contributed by atoms with Crippen molar-refractivity contribution < 1.29 is 30.2 Å². The van der Waals surface area contributed by atoms with Gasteiger partial charge < -0.3 is 19.1 Å². The van der Waals surface area contributed by atoms with E-state index in [0.29, 0.717) is 11.5 Å². The molecule has 0 aliphatic heterocycles. The van der Waals surface area contributed by atoms with Gasteiger partial charge in [0.25, 0.3) is 0 Å². The van der Waals surface area contributed by atoms with Crippen molar-refractivity contribution in [3.05, 3.63) is 122 Å². The van der Waals surface area contributed by atoms with Crippen molar-refractivity contribution in [1.82, 2.24) is 9.97 Å². The number of furan rings is 1. The molecule has 0 fully saturated rings. The fraction of sp³-hybridized carbons (Fsp3) is 0. The fourth-order valence-electron chi connectivity index (χ4n) is 5.11. The maximum absolute atomic E-state index is 6.23. The second kappa shape index (κ2) is 9.34. The molecule has 39 heavy (non-hydrogen) atoms. The number of fused-ring (bicyclic) bond motifs is 8. The molecule has 3 heterocycles. The molecule has 5 heteroatoms. The molecule has 0 spiro atoms. The third kappa shape index (κ3) is 3.96. The summed E-state index contributed by atoms with van der Waals surface area (Å²) in [4.78, 5) is 9.45. The number of benzene rings is 5. The predicted molar refractivity (Wildman–Crippen MR) is 151 cm³/mol. The van der Waals surface area contributed by atoms with Crippen LogP contribution in [0.1, 0.15) is 0 Å². The molecule has 0 bridgehead atoms. The van der Waals surface area contributed by atoms with E-state index in [1.54, 1.807) is 0 Å². The molecule has 4 nitrogen and oxygen atoms in total. The van der Waals surface area contributed by atoms with Gasteiger partial charge in [0.05, 0.1) is 0 Å². The van der Waals surface area contributed by atoms with Crippen LogP contribution in [0, 0.1) is 12.1 Å². The maximum Gasteiger partial charge on any atom is 2.00 e. The van der Waals surface area contributed by atoms with Crippen LogP contribution in [-0.4, -0.2) is 9.97 Å². The fourth-order valence-corrected chi connectivity index (χ4v) is 5.11. The van der Waals surface area contributed by atoms with E-state index >= 15 is 0 Å². The number of pyridine rings is 2. The van der Waals surface area contributed by atoms with Crippen molar-refractivity contribution in [3.8, 4) is 22.8 Å². The Morgan fingerprint density at radius 2 is 1.44 bits per heavy atom. The smallest absolute Gasteiger partial charge is 0.497 e. The van der Waals surface area contributed by atoms with E-state index in [4.69, 9.17) is 14.1 Å². The van der Waals surface area contributed by atoms with Crippen LogP contribution in [0.4, 0.5) is 0 Å². The third-order valence-corrected chi connectivity index (χ3v) is 6.97. The zero-order valence-electron chi connectivity index (χ0n) is 20.4. The van der Waals surface area contributed by atoms with Gasteiger partial charge in [0.2, 0.25) is 0 Å². The van der Waals surface area contributed by atoms with Crippen LogP contribution in [-0.2, 0) is 21.1 Å². The van der Waals surface area contributed by atoms with Crippen LogP contribution in [0.3, 0.4) is 0 Å². The molecular weight excluding hydrogens is 663 g/mol. The van der Waals surface area contributed by atoms with Crippen molar-refractivity contribution in [2.24, 2.45) is 0 Å². The van der Waals surface area contributed by atoms with Gasteiger partial charge in [-0.3, -0.25) is 0 Å². The second-order valence-corrected chi connectivity index (χ2v) is 9.30. The van der Waals surface area contributed by atoms with Gasteiger partial charge in [0.1, 0.15) is 11.2 Å². The van der Waals surface area contributed by atoms with E-state index in [1.165, 1.54) is 0 Å². The Hall–Kier alpha value is -4.53. The van der Waals surface area contributed by atoms with Gasteiger partial charge in [-0.15, -0.1) is 46.7 Å². The summed E-state index contributed by atoms with van der Waals surface area (Å²) in [7, 11) is 0. The van der Waals surface area contributed by atoms with E-state index in [-0.39, 0.29) is 21.1 Å². The Balaban J connectivity index is 0.00000253. The first kappa shape index (κ1) is 23.6. The number of rotatable bonds is 3. The second-order valence-electron chi connectivity index (χ2n) is 9.30. The first-order valence-electron chi connectivity index (χ1n) is 12.4. The molecule has 0 aliphatic carbocycles. The first-order chi connectivity index (χ1) is 18.8. The molecule has 0 amide bonds. The molecular formula is C34H18N2O2Pt. The van der Waals surface area contributed by atoms with Crippen LogP contribution < -0.4 is 4.74 Å². The Kier molecular flexibility index (Phi) is 5.64. The number of hydrogen-bond acceptors (Lipinski definition) is 4. The molecule has 0 saturated heterocycles. The first-order valence-corrected chi connectivity index (χ1v) is 12.4. The zero-order valence-corrected chi connectivity index (χ0v) is 22.7. The van der Waals surface area contributed by atoms with Crippen LogP contribution in [0.5, 0.6) is 11.5 Å². The van der Waals surface area contributed by atoms with E-state index in [0.717, 1.165) is 65.6 Å². The van der Waals surface area contributed by atoms with E-state index in [9.17, 15) is 0 Å². The van der Waals surface area contributed by atoms with Crippen molar-refractivity contribution in [2.45, 2.75) is 0 Å². The molecule has 0 aliphatic rings. The van der Waals surface area contributed by atoms with Gasteiger partial charge >= 0.3 is 21.1 Å². The van der Waals surface area contributed by atoms with E-state index in [1.807, 2.05) is 73.1 Å². The predicted octanol–water partition coefficient (Wildman–Crippen LogP) is 8.89. The minimum absolute atomic E-state index is 0. The SMILES string of the molecule is [Pt+2].[c-]1c(Oc2[c-]c3c(cc2)ccc2c3ncc3c4ccccc4oc32)cccc1-c1cc2ccccc2cn1. The summed E-state index contributed by atoms with van der Waals surface area (Å²) in [6, 6.07) is 39.0. The van der Waals surface area contributed by atoms with Crippen LogP contribution in [0.25, 0.3) is 65.6 Å². The number of para-hydroxylation sites is 1. The maximum atomic E-state index is 6.23. The van der Waals surface area contributed by atoms with Crippen molar-refractivity contribution >= 4 is 54.4 Å².